The Kier molecular flexibility index (Phi) is 6.24. The molecule has 2 N–H and O–H groups in total. The Balaban J connectivity index is 1.78. The Morgan fingerprint density at radius 1 is 1.17 bits per heavy atom. The molecule has 0 spiro atoms. The van der Waals surface area contributed by atoms with Gasteiger partial charge in [0.1, 0.15) is 18.5 Å². The molecule has 0 heterocycles. The molecule has 4 nitrogen and oxygen atoms in total. The van der Waals surface area contributed by atoms with E-state index in [1.165, 1.54) is 6.07 Å². The second-order valence-electron chi connectivity index (χ2n) is 5.40. The molecule has 2 rings (SSSR count). The van der Waals surface area contributed by atoms with Crippen molar-refractivity contribution in [2.75, 3.05) is 13.2 Å². The van der Waals surface area contributed by atoms with Crippen LogP contribution >= 0.6 is 0 Å². The zero-order valence-electron chi connectivity index (χ0n) is 13.2. The minimum absolute atomic E-state index is 0.0179. The van der Waals surface area contributed by atoms with E-state index in [1.807, 2.05) is 19.1 Å². The molecule has 0 aliphatic carbocycles. The molecule has 0 bridgehead atoms. The number of hydrogen-bond donors (Lipinski definition) is 2. The van der Waals surface area contributed by atoms with Gasteiger partial charge in [0.2, 0.25) is 0 Å². The molecular formula is C18H18F2N2O2. The summed E-state index contributed by atoms with van der Waals surface area (Å²) in [5.41, 5.74) is 1.58. The number of halogens is 2. The van der Waals surface area contributed by atoms with Crippen LogP contribution in [0.15, 0.2) is 42.5 Å². The van der Waals surface area contributed by atoms with Crippen LogP contribution in [0.4, 0.5) is 8.78 Å². The molecule has 126 valence electrons. The zero-order valence-corrected chi connectivity index (χ0v) is 13.2. The molecule has 0 saturated carbocycles. The van der Waals surface area contributed by atoms with Gasteiger partial charge in [0.25, 0.3) is 0 Å². The van der Waals surface area contributed by atoms with Gasteiger partial charge >= 0.3 is 0 Å². The fraction of sp³-hybridized carbons (Fsp3) is 0.278. The van der Waals surface area contributed by atoms with E-state index in [1.54, 1.807) is 12.1 Å². The fourth-order valence-electron chi connectivity index (χ4n) is 2.09. The molecule has 0 amide bonds. The van der Waals surface area contributed by atoms with Crippen LogP contribution in [-0.4, -0.2) is 24.4 Å². The lowest BCUT2D eigenvalue weighted by Crippen LogP contribution is -2.33. The van der Waals surface area contributed by atoms with Crippen molar-refractivity contribution < 1.29 is 18.6 Å². The number of benzene rings is 2. The second kappa shape index (κ2) is 8.39. The van der Waals surface area contributed by atoms with Crippen molar-refractivity contribution in [1.82, 2.24) is 5.32 Å². The average molecular weight is 332 g/mol. The maximum Gasteiger partial charge on any atom is 0.162 e. The van der Waals surface area contributed by atoms with Crippen molar-refractivity contribution >= 4 is 0 Å². The number of ether oxygens (including phenoxy) is 1. The summed E-state index contributed by atoms with van der Waals surface area (Å²) >= 11 is 0. The van der Waals surface area contributed by atoms with Gasteiger partial charge in [0.15, 0.2) is 11.6 Å². The highest BCUT2D eigenvalue weighted by Crippen LogP contribution is 2.16. The monoisotopic (exact) mass is 332 g/mol. The van der Waals surface area contributed by atoms with Crippen LogP contribution in [-0.2, 0) is 0 Å². The van der Waals surface area contributed by atoms with E-state index in [4.69, 9.17) is 10.00 Å². The van der Waals surface area contributed by atoms with E-state index in [0.29, 0.717) is 5.56 Å². The summed E-state index contributed by atoms with van der Waals surface area (Å²) in [5.74, 6) is -1.77. The van der Waals surface area contributed by atoms with Crippen molar-refractivity contribution in [2.24, 2.45) is 0 Å². The molecule has 24 heavy (non-hydrogen) atoms. The molecule has 2 unspecified atom stereocenters. The van der Waals surface area contributed by atoms with Crippen LogP contribution in [0, 0.1) is 23.0 Å². The van der Waals surface area contributed by atoms with E-state index in [9.17, 15) is 13.9 Å². The molecular weight excluding hydrogens is 314 g/mol. The van der Waals surface area contributed by atoms with Crippen molar-refractivity contribution in [2.45, 2.75) is 19.1 Å². The summed E-state index contributed by atoms with van der Waals surface area (Å²) in [5, 5.41) is 21.8. The second-order valence-corrected chi connectivity index (χ2v) is 5.40. The van der Waals surface area contributed by atoms with Gasteiger partial charge in [0.05, 0.1) is 11.6 Å². The van der Waals surface area contributed by atoms with Gasteiger partial charge in [-0.25, -0.2) is 8.78 Å². The quantitative estimate of drug-likeness (QED) is 0.818. The molecule has 0 saturated heterocycles. The lowest BCUT2D eigenvalue weighted by atomic mass is 10.1. The number of hydrogen-bond acceptors (Lipinski definition) is 4. The van der Waals surface area contributed by atoms with E-state index in [0.717, 1.165) is 17.7 Å². The third-order valence-electron chi connectivity index (χ3n) is 3.53. The highest BCUT2D eigenvalue weighted by atomic mass is 19.2. The Hall–Kier alpha value is -2.49. The van der Waals surface area contributed by atoms with E-state index >= 15 is 0 Å². The first-order chi connectivity index (χ1) is 11.5. The van der Waals surface area contributed by atoms with Gasteiger partial charge in [-0.05, 0) is 36.8 Å². The molecule has 0 aromatic heterocycles. The minimum Gasteiger partial charge on any atom is -0.491 e. The average Bonchev–Trinajstić information content (AvgIpc) is 2.60. The van der Waals surface area contributed by atoms with Crippen molar-refractivity contribution in [3.63, 3.8) is 0 Å². The van der Waals surface area contributed by atoms with Crippen molar-refractivity contribution in [3.8, 4) is 11.8 Å². The number of aliphatic hydroxyl groups excluding tert-OH is 1. The van der Waals surface area contributed by atoms with Gasteiger partial charge in [-0.1, -0.05) is 12.1 Å². The number of nitrogens with one attached hydrogen (secondary N) is 1. The minimum atomic E-state index is -0.991. The van der Waals surface area contributed by atoms with Crippen LogP contribution in [0.2, 0.25) is 0 Å². The number of nitrogens with zero attached hydrogens (tertiary/aromatic N) is 1. The van der Waals surface area contributed by atoms with Crippen molar-refractivity contribution in [1.29, 1.82) is 5.26 Å². The molecule has 0 aliphatic rings. The van der Waals surface area contributed by atoms with Gasteiger partial charge in [-0.15, -0.1) is 0 Å². The van der Waals surface area contributed by atoms with Crippen molar-refractivity contribution in [3.05, 3.63) is 65.2 Å². The van der Waals surface area contributed by atoms with E-state index in [2.05, 4.69) is 11.4 Å². The predicted octanol–water partition coefficient (Wildman–Crippen LogP) is 2.93. The molecule has 2 atom stereocenters. The summed E-state index contributed by atoms with van der Waals surface area (Å²) in [6.07, 6.45) is -0.807. The molecule has 0 fully saturated rings. The topological polar surface area (TPSA) is 65.3 Å². The standard InChI is InChI=1S/C18H18F2N2O2/c1-12(14-4-2-13(9-21)3-5-14)22-10-15(23)11-24-16-6-7-17(19)18(20)8-16/h2-8,12,15,22-23H,10-11H2,1H3. The number of aliphatic hydroxyl groups is 1. The maximum absolute atomic E-state index is 13.0. The lowest BCUT2D eigenvalue weighted by molar-refractivity contribution is 0.104. The van der Waals surface area contributed by atoms with E-state index < -0.39 is 17.7 Å². The summed E-state index contributed by atoms with van der Waals surface area (Å²) < 4.78 is 31.1. The molecule has 2 aromatic carbocycles. The summed E-state index contributed by atoms with van der Waals surface area (Å²) in [4.78, 5) is 0. The van der Waals surface area contributed by atoms with E-state index in [-0.39, 0.29) is 24.9 Å². The smallest absolute Gasteiger partial charge is 0.162 e. The Morgan fingerprint density at radius 3 is 2.50 bits per heavy atom. The normalized spacial score (nSPS) is 13.1. The first kappa shape index (κ1) is 17.9. The van der Waals surface area contributed by atoms with Crippen LogP contribution in [0.5, 0.6) is 5.75 Å². The molecule has 0 aliphatic heterocycles. The summed E-state index contributed by atoms with van der Waals surface area (Å²) in [6, 6.07) is 12.4. The first-order valence-electron chi connectivity index (χ1n) is 7.49. The fourth-order valence-corrected chi connectivity index (χ4v) is 2.09. The largest absolute Gasteiger partial charge is 0.491 e. The lowest BCUT2D eigenvalue weighted by Gasteiger charge is -2.18. The summed E-state index contributed by atoms with van der Waals surface area (Å²) in [6.45, 7) is 2.16. The van der Waals surface area contributed by atoms with Gasteiger partial charge in [0, 0.05) is 18.7 Å². The first-order valence-corrected chi connectivity index (χ1v) is 7.49. The highest BCUT2D eigenvalue weighted by Gasteiger charge is 2.10. The Bertz CT molecular complexity index is 714. The maximum atomic E-state index is 13.0. The molecule has 0 radical (unpaired) electrons. The Labute approximate surface area is 139 Å². The predicted molar refractivity (Wildman–Crippen MR) is 85.4 cm³/mol. The molecule has 6 heteroatoms. The third-order valence-corrected chi connectivity index (χ3v) is 3.53. The third kappa shape index (κ3) is 5.01. The van der Waals surface area contributed by atoms with Gasteiger partial charge < -0.3 is 15.2 Å². The number of rotatable bonds is 7. The Morgan fingerprint density at radius 2 is 1.88 bits per heavy atom. The van der Waals surface area contributed by atoms with Crippen LogP contribution in [0.1, 0.15) is 24.1 Å². The van der Waals surface area contributed by atoms with Gasteiger partial charge in [-0.3, -0.25) is 0 Å². The molecule has 2 aromatic rings. The SMILES string of the molecule is CC(NCC(O)COc1ccc(F)c(F)c1)c1ccc(C#N)cc1. The van der Waals surface area contributed by atoms with Crippen LogP contribution < -0.4 is 10.1 Å². The van der Waals surface area contributed by atoms with Gasteiger partial charge in [-0.2, -0.15) is 5.26 Å². The van der Waals surface area contributed by atoms with Crippen LogP contribution in [0.25, 0.3) is 0 Å². The number of nitriles is 1. The van der Waals surface area contributed by atoms with Crippen LogP contribution in [0.3, 0.4) is 0 Å². The highest BCUT2D eigenvalue weighted by molar-refractivity contribution is 5.32. The zero-order chi connectivity index (χ0) is 17.5. The summed E-state index contributed by atoms with van der Waals surface area (Å²) in [7, 11) is 0.